The van der Waals surface area contributed by atoms with Crippen molar-refractivity contribution in [2.75, 3.05) is 31.7 Å². The second-order valence-corrected chi connectivity index (χ2v) is 6.44. The highest BCUT2D eigenvalue weighted by Crippen LogP contribution is 2.27. The Morgan fingerprint density at radius 2 is 2.16 bits per heavy atom. The fraction of sp³-hybridized carbons (Fsp3) is 0.600. The number of rotatable bonds is 6. The van der Waals surface area contributed by atoms with Crippen LogP contribution in [0.15, 0.2) is 24.3 Å². The molecule has 2 atom stereocenters. The number of hydrogen-bond donors (Lipinski definition) is 2. The van der Waals surface area contributed by atoms with E-state index in [-0.39, 0.29) is 0 Å². The highest BCUT2D eigenvalue weighted by Gasteiger charge is 2.31. The predicted molar refractivity (Wildman–Crippen MR) is 81.2 cm³/mol. The van der Waals surface area contributed by atoms with Crippen LogP contribution in [0.4, 0.5) is 0 Å². The average Bonchev–Trinajstić information content (AvgIpc) is 2.86. The minimum absolute atomic E-state index is 0.434. The number of benzene rings is 1. The zero-order valence-electron chi connectivity index (χ0n) is 11.7. The van der Waals surface area contributed by atoms with Crippen molar-refractivity contribution in [3.05, 3.63) is 29.8 Å². The third-order valence-electron chi connectivity index (χ3n) is 3.67. The fourth-order valence-electron chi connectivity index (χ4n) is 2.31. The summed E-state index contributed by atoms with van der Waals surface area (Å²) in [5.74, 6) is 3.26. The third kappa shape index (κ3) is 4.13. The lowest BCUT2D eigenvalue weighted by molar-refractivity contribution is 0.0676. The van der Waals surface area contributed by atoms with Gasteiger partial charge in [-0.25, -0.2) is 0 Å². The van der Waals surface area contributed by atoms with Gasteiger partial charge in [0.15, 0.2) is 0 Å². The fourth-order valence-corrected chi connectivity index (χ4v) is 3.60. The van der Waals surface area contributed by atoms with Crippen molar-refractivity contribution in [1.82, 2.24) is 5.32 Å². The Morgan fingerprint density at radius 1 is 1.42 bits per heavy atom. The van der Waals surface area contributed by atoms with E-state index in [9.17, 15) is 5.11 Å². The van der Waals surface area contributed by atoms with E-state index < -0.39 is 5.60 Å². The van der Waals surface area contributed by atoms with Crippen LogP contribution in [0.2, 0.25) is 0 Å². The summed E-state index contributed by atoms with van der Waals surface area (Å²) < 4.78 is 5.16. The van der Waals surface area contributed by atoms with Gasteiger partial charge in [-0.3, -0.25) is 0 Å². The van der Waals surface area contributed by atoms with E-state index in [0.29, 0.717) is 12.5 Å². The standard InChI is InChI=1S/C15H23NO2S/c1-12(13-3-5-14(18-2)6-4-13)9-16-10-15(17)7-8-19-11-15/h3-6,12,16-17H,7-11H2,1-2H3. The van der Waals surface area contributed by atoms with Gasteiger partial charge < -0.3 is 15.2 Å². The SMILES string of the molecule is COc1ccc(C(C)CNCC2(O)CCSC2)cc1. The number of ether oxygens (including phenoxy) is 1. The zero-order chi connectivity index (χ0) is 13.7. The van der Waals surface area contributed by atoms with Gasteiger partial charge in [0, 0.05) is 18.8 Å². The smallest absolute Gasteiger partial charge is 0.118 e. The van der Waals surface area contributed by atoms with E-state index in [1.54, 1.807) is 7.11 Å². The molecule has 0 bridgehead atoms. The van der Waals surface area contributed by atoms with Crippen molar-refractivity contribution >= 4 is 11.8 Å². The van der Waals surface area contributed by atoms with E-state index in [2.05, 4.69) is 24.4 Å². The molecular weight excluding hydrogens is 258 g/mol. The molecule has 2 unspecified atom stereocenters. The predicted octanol–water partition coefficient (Wildman–Crippen LogP) is 2.26. The van der Waals surface area contributed by atoms with E-state index in [1.165, 1.54) is 5.56 Å². The molecule has 0 aromatic heterocycles. The van der Waals surface area contributed by atoms with Crippen LogP contribution < -0.4 is 10.1 Å². The Labute approximate surface area is 119 Å². The molecule has 1 fully saturated rings. The van der Waals surface area contributed by atoms with Crippen LogP contribution in [-0.2, 0) is 0 Å². The Balaban J connectivity index is 1.78. The average molecular weight is 281 g/mol. The van der Waals surface area contributed by atoms with Gasteiger partial charge in [-0.1, -0.05) is 19.1 Å². The molecule has 2 N–H and O–H groups in total. The summed E-state index contributed by atoms with van der Waals surface area (Å²) in [6.07, 6.45) is 0.904. The first-order valence-electron chi connectivity index (χ1n) is 6.78. The Bertz CT molecular complexity index is 388. The molecule has 0 spiro atoms. The monoisotopic (exact) mass is 281 g/mol. The van der Waals surface area contributed by atoms with Crippen LogP contribution in [0.1, 0.15) is 24.8 Å². The first-order valence-corrected chi connectivity index (χ1v) is 7.93. The molecule has 106 valence electrons. The van der Waals surface area contributed by atoms with Gasteiger partial charge in [-0.15, -0.1) is 0 Å². The maximum Gasteiger partial charge on any atom is 0.118 e. The number of thioether (sulfide) groups is 1. The summed E-state index contributed by atoms with van der Waals surface area (Å²) in [6, 6.07) is 8.19. The summed E-state index contributed by atoms with van der Waals surface area (Å²) in [5, 5.41) is 13.6. The zero-order valence-corrected chi connectivity index (χ0v) is 12.5. The largest absolute Gasteiger partial charge is 0.497 e. The topological polar surface area (TPSA) is 41.5 Å². The Morgan fingerprint density at radius 3 is 2.74 bits per heavy atom. The number of nitrogens with one attached hydrogen (secondary N) is 1. The summed E-state index contributed by atoms with van der Waals surface area (Å²) >= 11 is 1.84. The van der Waals surface area contributed by atoms with Gasteiger partial charge in [-0.05, 0) is 35.8 Å². The number of methoxy groups -OCH3 is 1. The van der Waals surface area contributed by atoms with Crippen LogP contribution in [0.3, 0.4) is 0 Å². The number of aliphatic hydroxyl groups is 1. The quantitative estimate of drug-likeness (QED) is 0.839. The molecule has 0 radical (unpaired) electrons. The first-order chi connectivity index (χ1) is 9.13. The Kier molecular flexibility index (Phi) is 5.13. The van der Waals surface area contributed by atoms with Crippen molar-refractivity contribution in [1.29, 1.82) is 0 Å². The van der Waals surface area contributed by atoms with Gasteiger partial charge in [0.25, 0.3) is 0 Å². The van der Waals surface area contributed by atoms with Crippen molar-refractivity contribution in [3.63, 3.8) is 0 Å². The highest BCUT2D eigenvalue weighted by molar-refractivity contribution is 7.99. The summed E-state index contributed by atoms with van der Waals surface area (Å²) in [4.78, 5) is 0. The summed E-state index contributed by atoms with van der Waals surface area (Å²) in [7, 11) is 1.68. The molecule has 1 saturated heterocycles. The van der Waals surface area contributed by atoms with Crippen molar-refractivity contribution in [3.8, 4) is 5.75 Å². The normalized spacial score (nSPS) is 24.4. The molecule has 1 aromatic carbocycles. The molecular formula is C15H23NO2S. The minimum Gasteiger partial charge on any atom is -0.497 e. The lowest BCUT2D eigenvalue weighted by Crippen LogP contribution is -2.41. The van der Waals surface area contributed by atoms with Crippen LogP contribution in [0.5, 0.6) is 5.75 Å². The molecule has 4 heteroatoms. The lowest BCUT2D eigenvalue weighted by atomic mass is 10.00. The van der Waals surface area contributed by atoms with Crippen LogP contribution in [0, 0.1) is 0 Å². The molecule has 1 aromatic rings. The maximum absolute atomic E-state index is 10.2. The summed E-state index contributed by atoms with van der Waals surface area (Å²) in [5.41, 5.74) is 0.797. The first kappa shape index (κ1) is 14.7. The van der Waals surface area contributed by atoms with Gasteiger partial charge in [0.05, 0.1) is 12.7 Å². The molecule has 19 heavy (non-hydrogen) atoms. The number of hydrogen-bond acceptors (Lipinski definition) is 4. The van der Waals surface area contributed by atoms with Gasteiger partial charge in [-0.2, -0.15) is 11.8 Å². The molecule has 2 rings (SSSR count). The van der Waals surface area contributed by atoms with E-state index in [1.807, 2.05) is 23.9 Å². The second kappa shape index (κ2) is 6.64. The van der Waals surface area contributed by atoms with Crippen molar-refractivity contribution in [2.45, 2.75) is 24.9 Å². The van der Waals surface area contributed by atoms with Crippen LogP contribution in [-0.4, -0.2) is 42.4 Å². The van der Waals surface area contributed by atoms with Crippen molar-refractivity contribution < 1.29 is 9.84 Å². The molecule has 1 aliphatic rings. The Hall–Kier alpha value is -0.710. The van der Waals surface area contributed by atoms with E-state index >= 15 is 0 Å². The van der Waals surface area contributed by atoms with E-state index in [0.717, 1.165) is 30.2 Å². The second-order valence-electron chi connectivity index (χ2n) is 5.33. The molecule has 0 amide bonds. The van der Waals surface area contributed by atoms with Gasteiger partial charge in [0.1, 0.15) is 5.75 Å². The molecule has 0 aliphatic carbocycles. The van der Waals surface area contributed by atoms with Crippen LogP contribution in [0.25, 0.3) is 0 Å². The van der Waals surface area contributed by atoms with Gasteiger partial charge >= 0.3 is 0 Å². The molecule has 1 heterocycles. The summed E-state index contributed by atoms with van der Waals surface area (Å²) in [6.45, 7) is 3.78. The molecule has 3 nitrogen and oxygen atoms in total. The third-order valence-corrected chi connectivity index (χ3v) is 4.91. The van der Waals surface area contributed by atoms with E-state index in [4.69, 9.17) is 4.74 Å². The molecule has 1 aliphatic heterocycles. The molecule has 0 saturated carbocycles. The van der Waals surface area contributed by atoms with Gasteiger partial charge in [0.2, 0.25) is 0 Å². The minimum atomic E-state index is -0.496. The highest BCUT2D eigenvalue weighted by atomic mass is 32.2. The van der Waals surface area contributed by atoms with Crippen LogP contribution >= 0.6 is 11.8 Å². The maximum atomic E-state index is 10.2. The lowest BCUT2D eigenvalue weighted by Gasteiger charge is -2.23. The van der Waals surface area contributed by atoms with Crippen molar-refractivity contribution in [2.24, 2.45) is 0 Å².